The average molecular weight is 251 g/mol. The van der Waals surface area contributed by atoms with Gasteiger partial charge in [0.2, 0.25) is 5.90 Å². The van der Waals surface area contributed by atoms with Crippen LogP contribution in [0.1, 0.15) is 19.8 Å². The van der Waals surface area contributed by atoms with Gasteiger partial charge in [-0.05, 0) is 6.92 Å². The maximum atomic E-state index is 11.2. The molecule has 0 N–H and O–H groups in total. The van der Waals surface area contributed by atoms with Gasteiger partial charge in [-0.1, -0.05) is 6.58 Å². The van der Waals surface area contributed by atoms with E-state index in [2.05, 4.69) is 16.3 Å². The maximum Gasteiger partial charge on any atom is 0.334 e. The zero-order chi connectivity index (χ0) is 13.7. The van der Waals surface area contributed by atoms with Crippen LogP contribution in [-0.4, -0.2) is 31.9 Å². The molecular weight excluding hydrogens is 234 g/mol. The van der Waals surface area contributed by atoms with Crippen LogP contribution in [0.4, 0.5) is 0 Å². The van der Waals surface area contributed by atoms with E-state index in [1.807, 2.05) is 0 Å². The van der Waals surface area contributed by atoms with Gasteiger partial charge in [-0.3, -0.25) is 4.79 Å². The second-order valence-electron chi connectivity index (χ2n) is 4.11. The number of ether oxygens (including phenoxy) is 2. The van der Waals surface area contributed by atoms with Gasteiger partial charge < -0.3 is 9.47 Å². The number of aliphatic imine (C=N–C) groups is 1. The summed E-state index contributed by atoms with van der Waals surface area (Å²) >= 11 is 0. The van der Waals surface area contributed by atoms with Crippen LogP contribution in [0.2, 0.25) is 0 Å². The molecule has 98 valence electrons. The highest BCUT2D eigenvalue weighted by Crippen LogP contribution is 2.30. The van der Waals surface area contributed by atoms with Crippen LogP contribution in [0.5, 0.6) is 0 Å². The van der Waals surface area contributed by atoms with E-state index >= 15 is 0 Å². The molecule has 0 aliphatic heterocycles. The molecule has 5 heteroatoms. The Morgan fingerprint density at radius 2 is 2.00 bits per heavy atom. The van der Waals surface area contributed by atoms with Crippen LogP contribution in [0.25, 0.3) is 0 Å². The minimum atomic E-state index is -0.446. The molecule has 0 saturated heterocycles. The van der Waals surface area contributed by atoms with E-state index in [0.717, 1.165) is 0 Å². The van der Waals surface area contributed by atoms with Gasteiger partial charge in [0.05, 0.1) is 19.8 Å². The molecule has 1 fully saturated rings. The van der Waals surface area contributed by atoms with Crippen molar-refractivity contribution in [2.45, 2.75) is 19.8 Å². The minimum Gasteiger partial charge on any atom is -0.481 e. The first-order chi connectivity index (χ1) is 8.49. The second-order valence-corrected chi connectivity index (χ2v) is 4.11. The lowest BCUT2D eigenvalue weighted by Gasteiger charge is -2.25. The molecular formula is C13H17NO4. The maximum absolute atomic E-state index is 11.2. The summed E-state index contributed by atoms with van der Waals surface area (Å²) in [6, 6.07) is 0. The number of rotatable bonds is 4. The lowest BCUT2D eigenvalue weighted by atomic mass is 9.79. The molecule has 5 nitrogen and oxygen atoms in total. The molecule has 0 aromatic heterocycles. The molecule has 18 heavy (non-hydrogen) atoms. The van der Waals surface area contributed by atoms with Crippen molar-refractivity contribution in [1.29, 1.82) is 0 Å². The normalized spacial score (nSPS) is 17.2. The monoisotopic (exact) mass is 251 g/mol. The predicted molar refractivity (Wildman–Crippen MR) is 67.1 cm³/mol. The number of hydrogen-bond donors (Lipinski definition) is 0. The molecule has 0 spiro atoms. The van der Waals surface area contributed by atoms with Crippen LogP contribution in [0.3, 0.4) is 0 Å². The molecule has 0 unspecified atom stereocenters. The SMILES string of the molecule is C=C(C(=N/C=C(\C)C(=O)OC)OC)C1CC(=O)C1. The molecule has 0 radical (unpaired) electrons. The molecule has 0 aromatic rings. The highest BCUT2D eigenvalue weighted by atomic mass is 16.5. The second kappa shape index (κ2) is 6.14. The Morgan fingerprint density at radius 3 is 2.44 bits per heavy atom. The molecule has 1 aliphatic rings. The molecule has 1 rings (SSSR count). The topological polar surface area (TPSA) is 65.0 Å². The quantitative estimate of drug-likeness (QED) is 0.330. The summed E-state index contributed by atoms with van der Waals surface area (Å²) in [4.78, 5) is 26.1. The summed E-state index contributed by atoms with van der Waals surface area (Å²) in [5.41, 5.74) is 1.05. The largest absolute Gasteiger partial charge is 0.481 e. The standard InChI is InChI=1S/C13H17NO4/c1-8(13(16)18-4)7-14-12(17-3)9(2)10-5-11(15)6-10/h7,10H,2,5-6H2,1,3-4H3/b8-7+,14-12?. The third kappa shape index (κ3) is 3.29. The van der Waals surface area contributed by atoms with Gasteiger partial charge in [-0.15, -0.1) is 0 Å². The first-order valence-electron chi connectivity index (χ1n) is 5.57. The van der Waals surface area contributed by atoms with Crippen molar-refractivity contribution in [2.24, 2.45) is 10.9 Å². The average Bonchev–Trinajstić information content (AvgIpc) is 2.34. The van der Waals surface area contributed by atoms with Crippen molar-refractivity contribution in [3.05, 3.63) is 23.9 Å². The number of hydrogen-bond acceptors (Lipinski definition) is 5. The van der Waals surface area contributed by atoms with Gasteiger partial charge in [-0.2, -0.15) is 0 Å². The summed E-state index contributed by atoms with van der Waals surface area (Å²) in [6.07, 6.45) is 2.35. The molecule has 1 aliphatic carbocycles. The van der Waals surface area contributed by atoms with Gasteiger partial charge in [0.1, 0.15) is 5.78 Å². The number of ketones is 1. The summed E-state index contributed by atoms with van der Waals surface area (Å²) < 4.78 is 9.66. The number of carbonyl (C=O) groups excluding carboxylic acids is 2. The lowest BCUT2D eigenvalue weighted by molar-refractivity contribution is -0.136. The first kappa shape index (κ1) is 14.2. The van der Waals surface area contributed by atoms with Gasteiger partial charge in [0.25, 0.3) is 0 Å². The van der Waals surface area contributed by atoms with Crippen LogP contribution >= 0.6 is 0 Å². The smallest absolute Gasteiger partial charge is 0.334 e. The predicted octanol–water partition coefficient (Wildman–Crippen LogP) is 1.64. The Morgan fingerprint density at radius 1 is 1.39 bits per heavy atom. The van der Waals surface area contributed by atoms with Crippen molar-refractivity contribution in [2.75, 3.05) is 14.2 Å². The van der Waals surface area contributed by atoms with E-state index in [9.17, 15) is 9.59 Å². The van der Waals surface area contributed by atoms with Crippen LogP contribution in [-0.2, 0) is 19.1 Å². The Kier molecular flexibility index (Phi) is 4.83. The summed E-state index contributed by atoms with van der Waals surface area (Å²) in [5.74, 6) is 0.218. The van der Waals surface area contributed by atoms with Gasteiger partial charge >= 0.3 is 5.97 Å². The molecule has 1 saturated carbocycles. The Hall–Kier alpha value is -1.91. The summed E-state index contributed by atoms with van der Waals surface area (Å²) in [5, 5.41) is 0. The molecule has 0 amide bonds. The van der Waals surface area contributed by atoms with Crippen LogP contribution in [0, 0.1) is 5.92 Å². The van der Waals surface area contributed by atoms with E-state index in [1.54, 1.807) is 6.92 Å². The van der Waals surface area contributed by atoms with Gasteiger partial charge in [0, 0.05) is 30.5 Å². The summed E-state index contributed by atoms with van der Waals surface area (Å²) in [6.45, 7) is 5.47. The Bertz CT molecular complexity index is 426. The number of nitrogens with zero attached hydrogens (tertiary/aromatic N) is 1. The van der Waals surface area contributed by atoms with Crippen molar-refractivity contribution in [3.8, 4) is 0 Å². The summed E-state index contributed by atoms with van der Waals surface area (Å²) in [7, 11) is 2.78. The number of Topliss-reactive ketones (excluding diaryl/α,β-unsaturated/α-hetero) is 1. The zero-order valence-electron chi connectivity index (χ0n) is 10.9. The molecule has 0 atom stereocenters. The highest BCUT2D eigenvalue weighted by molar-refractivity contribution is 5.98. The third-order valence-corrected chi connectivity index (χ3v) is 2.79. The van der Waals surface area contributed by atoms with Crippen molar-refractivity contribution in [1.82, 2.24) is 0 Å². The number of carbonyl (C=O) groups is 2. The van der Waals surface area contributed by atoms with E-state index < -0.39 is 5.97 Å². The molecule has 0 heterocycles. The zero-order valence-corrected chi connectivity index (χ0v) is 10.9. The van der Waals surface area contributed by atoms with Crippen LogP contribution in [0.15, 0.2) is 28.9 Å². The minimum absolute atomic E-state index is 0.100. The van der Waals surface area contributed by atoms with Crippen LogP contribution < -0.4 is 0 Å². The lowest BCUT2D eigenvalue weighted by Crippen LogP contribution is -2.28. The van der Waals surface area contributed by atoms with E-state index in [0.29, 0.717) is 29.9 Å². The highest BCUT2D eigenvalue weighted by Gasteiger charge is 2.31. The number of esters is 1. The van der Waals surface area contributed by atoms with E-state index in [4.69, 9.17) is 4.74 Å². The fourth-order valence-corrected chi connectivity index (χ4v) is 1.55. The van der Waals surface area contributed by atoms with E-state index in [-0.39, 0.29) is 11.7 Å². The fraction of sp³-hybridized carbons (Fsp3) is 0.462. The third-order valence-electron chi connectivity index (χ3n) is 2.79. The van der Waals surface area contributed by atoms with E-state index in [1.165, 1.54) is 20.4 Å². The molecule has 0 bridgehead atoms. The Labute approximate surface area is 106 Å². The van der Waals surface area contributed by atoms with Crippen molar-refractivity contribution in [3.63, 3.8) is 0 Å². The van der Waals surface area contributed by atoms with Crippen molar-refractivity contribution < 1.29 is 19.1 Å². The van der Waals surface area contributed by atoms with Gasteiger partial charge in [-0.25, -0.2) is 9.79 Å². The molecule has 0 aromatic carbocycles. The van der Waals surface area contributed by atoms with Gasteiger partial charge in [0.15, 0.2) is 0 Å². The fourth-order valence-electron chi connectivity index (χ4n) is 1.55. The van der Waals surface area contributed by atoms with Crippen molar-refractivity contribution >= 4 is 17.7 Å². The first-order valence-corrected chi connectivity index (χ1v) is 5.57. The number of methoxy groups -OCH3 is 2. The Balaban J connectivity index is 2.73.